The van der Waals surface area contributed by atoms with Crippen LogP contribution in [-0.2, 0) is 19.1 Å². The fourth-order valence-electron chi connectivity index (χ4n) is 2.23. The van der Waals surface area contributed by atoms with E-state index in [0.717, 1.165) is 6.42 Å². The average Bonchev–Trinajstić information content (AvgIpc) is 2.89. The van der Waals surface area contributed by atoms with Crippen molar-refractivity contribution in [3.05, 3.63) is 23.8 Å². The number of rotatable bonds is 7. The number of benzene rings is 1. The van der Waals surface area contributed by atoms with Crippen molar-refractivity contribution in [3.8, 4) is 11.5 Å². The second-order valence-electron chi connectivity index (χ2n) is 5.56. The lowest BCUT2D eigenvalue weighted by Gasteiger charge is -2.09. The summed E-state index contributed by atoms with van der Waals surface area (Å²) in [6, 6.07) is 4.85. The third-order valence-corrected chi connectivity index (χ3v) is 3.51. The lowest BCUT2D eigenvalue weighted by molar-refractivity contribution is -0.148. The minimum Gasteiger partial charge on any atom is -0.490 e. The number of nitrogens with one attached hydrogen (secondary N) is 1. The maximum absolute atomic E-state index is 12.2. The Kier molecular flexibility index (Phi) is 7.60. The highest BCUT2D eigenvalue weighted by molar-refractivity contribution is 5.98. The molecule has 1 aliphatic rings. The lowest BCUT2D eigenvalue weighted by atomic mass is 10.1. The van der Waals surface area contributed by atoms with E-state index in [1.54, 1.807) is 25.1 Å². The number of imide groups is 1. The fraction of sp³-hybridized carbons (Fsp3) is 0.444. The van der Waals surface area contributed by atoms with Gasteiger partial charge in [-0.1, -0.05) is 0 Å². The van der Waals surface area contributed by atoms with Crippen molar-refractivity contribution >= 4 is 23.8 Å². The van der Waals surface area contributed by atoms with Crippen LogP contribution in [0.25, 0.3) is 0 Å². The first-order chi connectivity index (χ1) is 13.0. The third kappa shape index (κ3) is 6.61. The molecule has 0 aromatic heterocycles. The van der Waals surface area contributed by atoms with Crippen LogP contribution in [0, 0.1) is 0 Å². The number of ether oxygens (including phenoxy) is 4. The van der Waals surface area contributed by atoms with Gasteiger partial charge in [-0.05, 0) is 25.1 Å². The number of alkyl carbamates (subject to hydrolysis) is 1. The predicted molar refractivity (Wildman–Crippen MR) is 91.7 cm³/mol. The number of fused-ring (bicyclic) bond motifs is 1. The largest absolute Gasteiger partial charge is 0.490 e. The first kappa shape index (κ1) is 20.2. The van der Waals surface area contributed by atoms with E-state index >= 15 is 0 Å². The Labute approximate surface area is 155 Å². The van der Waals surface area contributed by atoms with Gasteiger partial charge >= 0.3 is 12.1 Å². The van der Waals surface area contributed by atoms with Crippen molar-refractivity contribution in [3.63, 3.8) is 0 Å². The Morgan fingerprint density at radius 1 is 1.04 bits per heavy atom. The van der Waals surface area contributed by atoms with Gasteiger partial charge in [-0.3, -0.25) is 19.7 Å². The molecule has 0 bridgehead atoms. The van der Waals surface area contributed by atoms with Crippen LogP contribution in [0.5, 0.6) is 11.5 Å². The van der Waals surface area contributed by atoms with Crippen LogP contribution in [0.3, 0.4) is 0 Å². The topological polar surface area (TPSA) is 117 Å². The van der Waals surface area contributed by atoms with E-state index in [1.165, 1.54) is 0 Å². The third-order valence-electron chi connectivity index (χ3n) is 3.51. The minimum atomic E-state index is -0.914. The summed E-state index contributed by atoms with van der Waals surface area (Å²) in [6.07, 6.45) is -0.436. The standard InChI is InChI=1S/C18H21NO8/c1-2-24-18(23)19-16(21)11-27-17(22)7-5-13(20)12-4-6-14-15(10-12)26-9-3-8-25-14/h4,6,10H,2-3,5,7-9,11H2,1H3,(H,19,21,23). The molecule has 9 nitrogen and oxygen atoms in total. The Morgan fingerprint density at radius 2 is 1.78 bits per heavy atom. The molecule has 0 fully saturated rings. The molecule has 1 aliphatic heterocycles. The van der Waals surface area contributed by atoms with Crippen molar-refractivity contribution in [2.45, 2.75) is 26.2 Å². The van der Waals surface area contributed by atoms with Gasteiger partial charge in [0.2, 0.25) is 0 Å². The van der Waals surface area contributed by atoms with Crippen LogP contribution in [0.15, 0.2) is 18.2 Å². The molecule has 1 N–H and O–H groups in total. The fourth-order valence-corrected chi connectivity index (χ4v) is 2.23. The number of carbonyl (C=O) groups is 4. The molecule has 9 heteroatoms. The monoisotopic (exact) mass is 379 g/mol. The predicted octanol–water partition coefficient (Wildman–Crippen LogP) is 1.63. The van der Waals surface area contributed by atoms with Gasteiger partial charge in [-0.15, -0.1) is 0 Å². The molecule has 1 aromatic rings. The first-order valence-corrected chi connectivity index (χ1v) is 8.54. The Morgan fingerprint density at radius 3 is 2.52 bits per heavy atom. The zero-order valence-corrected chi connectivity index (χ0v) is 14.9. The number of hydrogen-bond donors (Lipinski definition) is 1. The van der Waals surface area contributed by atoms with Crippen molar-refractivity contribution in [1.29, 1.82) is 0 Å². The second kappa shape index (κ2) is 10.1. The van der Waals surface area contributed by atoms with Crippen LogP contribution < -0.4 is 14.8 Å². The summed E-state index contributed by atoms with van der Waals surface area (Å²) in [6.45, 7) is 2.13. The summed E-state index contributed by atoms with van der Waals surface area (Å²) in [4.78, 5) is 46.3. The summed E-state index contributed by atoms with van der Waals surface area (Å²) in [5.74, 6) is -0.723. The zero-order valence-electron chi connectivity index (χ0n) is 14.9. The number of ketones is 1. The number of carbonyl (C=O) groups excluding carboxylic acids is 4. The van der Waals surface area contributed by atoms with Crippen molar-refractivity contribution in [2.24, 2.45) is 0 Å². The van der Waals surface area contributed by atoms with Crippen LogP contribution >= 0.6 is 0 Å². The summed E-state index contributed by atoms with van der Waals surface area (Å²) < 4.78 is 20.3. The SMILES string of the molecule is CCOC(=O)NC(=O)COC(=O)CCC(=O)c1ccc2c(c1)OCCCO2. The normalized spacial score (nSPS) is 12.5. The summed E-state index contributed by atoms with van der Waals surface area (Å²) in [5, 5.41) is 1.89. The number of hydrogen-bond acceptors (Lipinski definition) is 8. The van der Waals surface area contributed by atoms with Crippen molar-refractivity contribution < 1.29 is 38.1 Å². The van der Waals surface area contributed by atoms with E-state index in [-0.39, 0.29) is 25.2 Å². The van der Waals surface area contributed by atoms with Gasteiger partial charge in [0.1, 0.15) is 0 Å². The molecule has 0 aliphatic carbocycles. The smallest absolute Gasteiger partial charge is 0.413 e. The molecule has 2 amide bonds. The lowest BCUT2D eigenvalue weighted by Crippen LogP contribution is -2.34. The highest BCUT2D eigenvalue weighted by Gasteiger charge is 2.16. The molecular weight excluding hydrogens is 358 g/mol. The molecule has 1 aromatic carbocycles. The van der Waals surface area contributed by atoms with Gasteiger partial charge in [0.25, 0.3) is 5.91 Å². The highest BCUT2D eigenvalue weighted by atomic mass is 16.6. The van der Waals surface area contributed by atoms with E-state index in [9.17, 15) is 19.2 Å². The quantitative estimate of drug-likeness (QED) is 0.561. The van der Waals surface area contributed by atoms with E-state index in [2.05, 4.69) is 4.74 Å². The Hall–Kier alpha value is -3.10. The number of amides is 2. The molecule has 0 radical (unpaired) electrons. The van der Waals surface area contributed by atoms with Gasteiger partial charge in [0.05, 0.1) is 26.2 Å². The molecular formula is C18H21NO8. The molecule has 27 heavy (non-hydrogen) atoms. The minimum absolute atomic E-state index is 0.0853. The van der Waals surface area contributed by atoms with Gasteiger partial charge in [0.15, 0.2) is 23.9 Å². The van der Waals surface area contributed by atoms with E-state index in [4.69, 9.17) is 14.2 Å². The Balaban J connectivity index is 1.76. The van der Waals surface area contributed by atoms with Crippen LogP contribution in [-0.4, -0.2) is 50.2 Å². The van der Waals surface area contributed by atoms with Crippen LogP contribution in [0.1, 0.15) is 36.5 Å². The molecule has 0 saturated heterocycles. The number of esters is 1. The molecule has 146 valence electrons. The van der Waals surface area contributed by atoms with Crippen LogP contribution in [0.4, 0.5) is 4.79 Å². The summed E-state index contributed by atoms with van der Waals surface area (Å²) >= 11 is 0. The maximum atomic E-state index is 12.2. The molecule has 1 heterocycles. The molecule has 0 spiro atoms. The van der Waals surface area contributed by atoms with Crippen molar-refractivity contribution in [2.75, 3.05) is 26.4 Å². The van der Waals surface area contributed by atoms with Gasteiger partial charge < -0.3 is 18.9 Å². The summed E-state index contributed by atoms with van der Waals surface area (Å²) in [5.41, 5.74) is 0.395. The molecule has 2 rings (SSSR count). The zero-order chi connectivity index (χ0) is 19.6. The second-order valence-corrected chi connectivity index (χ2v) is 5.56. The van der Waals surface area contributed by atoms with Gasteiger partial charge in [0, 0.05) is 18.4 Å². The van der Waals surface area contributed by atoms with E-state index < -0.39 is 24.6 Å². The summed E-state index contributed by atoms with van der Waals surface area (Å²) in [7, 11) is 0. The Bertz CT molecular complexity index is 715. The highest BCUT2D eigenvalue weighted by Crippen LogP contribution is 2.30. The van der Waals surface area contributed by atoms with Crippen LogP contribution in [0.2, 0.25) is 0 Å². The number of Topliss-reactive ketones (excluding diaryl/α,β-unsaturated/α-hetero) is 1. The van der Waals surface area contributed by atoms with Crippen molar-refractivity contribution in [1.82, 2.24) is 5.32 Å². The molecule has 0 saturated carbocycles. The van der Waals surface area contributed by atoms with Gasteiger partial charge in [-0.25, -0.2) is 4.79 Å². The molecule has 0 unspecified atom stereocenters. The van der Waals surface area contributed by atoms with Gasteiger partial charge in [-0.2, -0.15) is 0 Å². The first-order valence-electron chi connectivity index (χ1n) is 8.54. The van der Waals surface area contributed by atoms with E-state index in [0.29, 0.717) is 30.3 Å². The van der Waals surface area contributed by atoms with E-state index in [1.807, 2.05) is 5.32 Å². The molecule has 0 atom stereocenters. The average molecular weight is 379 g/mol. The maximum Gasteiger partial charge on any atom is 0.413 e.